The second kappa shape index (κ2) is 2.10. The second-order valence-electron chi connectivity index (χ2n) is 3.66. The Balaban J connectivity index is 0.000000500. The molecule has 1 atom stereocenters. The third kappa shape index (κ3) is 0.865. The molecule has 2 N–H and O–H groups in total. The maximum Gasteiger partial charge on any atom is 0.0811 e. The van der Waals surface area contributed by atoms with E-state index < -0.39 is 5.60 Å². The average Bonchev–Trinajstić information content (AvgIpc) is 2.41. The van der Waals surface area contributed by atoms with E-state index >= 15 is 0 Å². The zero-order chi connectivity index (χ0) is 6.54. The lowest BCUT2D eigenvalue weighted by Gasteiger charge is -2.23. The minimum absolute atomic E-state index is 0. The van der Waals surface area contributed by atoms with Crippen LogP contribution < -0.4 is 5.32 Å². The predicted octanol–water partition coefficient (Wildman–Crippen LogP) is 0.543. The third-order valence-corrected chi connectivity index (χ3v) is 2.93. The zero-order valence-electron chi connectivity index (χ0n) is 6.18. The van der Waals surface area contributed by atoms with Gasteiger partial charge in [-0.15, -0.1) is 12.4 Å². The molecule has 0 amide bonds. The molecule has 2 nitrogen and oxygen atoms in total. The highest BCUT2D eigenvalue weighted by atomic mass is 35.5. The lowest BCUT2D eigenvalue weighted by atomic mass is 9.90. The van der Waals surface area contributed by atoms with Gasteiger partial charge in [-0.1, -0.05) is 0 Å². The van der Waals surface area contributed by atoms with Crippen molar-refractivity contribution in [1.29, 1.82) is 0 Å². The van der Waals surface area contributed by atoms with Gasteiger partial charge in [-0.25, -0.2) is 0 Å². The van der Waals surface area contributed by atoms with Crippen LogP contribution in [0.25, 0.3) is 0 Å². The molecule has 60 valence electrons. The van der Waals surface area contributed by atoms with Crippen LogP contribution >= 0.6 is 12.4 Å². The van der Waals surface area contributed by atoms with E-state index in [0.717, 1.165) is 13.1 Å². The standard InChI is InChI=1S/C7H13NO.ClH/c1-6(9)4-8-5-7(6)2-3-7;/h8-9H,2-5H2,1H3;1H. The molecule has 1 aliphatic carbocycles. The van der Waals surface area contributed by atoms with Gasteiger partial charge in [-0.2, -0.15) is 0 Å². The minimum Gasteiger partial charge on any atom is -0.388 e. The van der Waals surface area contributed by atoms with E-state index in [4.69, 9.17) is 0 Å². The number of nitrogens with one attached hydrogen (secondary N) is 1. The lowest BCUT2D eigenvalue weighted by molar-refractivity contribution is 0.0237. The summed E-state index contributed by atoms with van der Waals surface area (Å²) in [4.78, 5) is 0. The summed E-state index contributed by atoms with van der Waals surface area (Å²) in [5.74, 6) is 0. The van der Waals surface area contributed by atoms with Gasteiger partial charge in [-0.05, 0) is 19.8 Å². The first-order valence-electron chi connectivity index (χ1n) is 3.59. The topological polar surface area (TPSA) is 32.3 Å². The van der Waals surface area contributed by atoms with Crippen molar-refractivity contribution in [3.8, 4) is 0 Å². The van der Waals surface area contributed by atoms with E-state index in [1.807, 2.05) is 6.92 Å². The number of rotatable bonds is 0. The quantitative estimate of drug-likeness (QED) is 0.547. The van der Waals surface area contributed by atoms with Gasteiger partial charge in [-0.3, -0.25) is 0 Å². The monoisotopic (exact) mass is 163 g/mol. The fourth-order valence-electron chi connectivity index (χ4n) is 1.79. The smallest absolute Gasteiger partial charge is 0.0811 e. The minimum atomic E-state index is -0.410. The SMILES string of the molecule is CC1(O)CNCC12CC2.Cl. The number of aliphatic hydroxyl groups is 1. The van der Waals surface area contributed by atoms with Crippen molar-refractivity contribution in [2.24, 2.45) is 5.41 Å². The van der Waals surface area contributed by atoms with E-state index in [-0.39, 0.29) is 17.8 Å². The van der Waals surface area contributed by atoms with Crippen molar-refractivity contribution in [3.63, 3.8) is 0 Å². The molecule has 1 heterocycles. The maximum atomic E-state index is 9.72. The Labute approximate surface area is 67.4 Å². The highest BCUT2D eigenvalue weighted by molar-refractivity contribution is 5.85. The van der Waals surface area contributed by atoms with Gasteiger partial charge in [0.1, 0.15) is 0 Å². The summed E-state index contributed by atoms with van der Waals surface area (Å²) in [7, 11) is 0. The van der Waals surface area contributed by atoms with Crippen LogP contribution in [0.15, 0.2) is 0 Å². The molecule has 0 aromatic carbocycles. The normalized spacial score (nSPS) is 41.4. The van der Waals surface area contributed by atoms with Crippen LogP contribution in [0.2, 0.25) is 0 Å². The van der Waals surface area contributed by atoms with Crippen LogP contribution in [0.1, 0.15) is 19.8 Å². The summed E-state index contributed by atoms with van der Waals surface area (Å²) in [5.41, 5.74) is -0.125. The summed E-state index contributed by atoms with van der Waals surface area (Å²) in [5, 5.41) is 12.9. The molecule has 1 aliphatic heterocycles. The molecular weight excluding hydrogens is 150 g/mol. The van der Waals surface area contributed by atoms with E-state index in [2.05, 4.69) is 5.32 Å². The summed E-state index contributed by atoms with van der Waals surface area (Å²) >= 11 is 0. The highest BCUT2D eigenvalue weighted by Crippen LogP contribution is 2.55. The fourth-order valence-corrected chi connectivity index (χ4v) is 1.79. The van der Waals surface area contributed by atoms with Crippen molar-refractivity contribution in [1.82, 2.24) is 5.32 Å². The first-order valence-corrected chi connectivity index (χ1v) is 3.59. The lowest BCUT2D eigenvalue weighted by Crippen LogP contribution is -2.35. The van der Waals surface area contributed by atoms with Crippen molar-refractivity contribution in [2.75, 3.05) is 13.1 Å². The van der Waals surface area contributed by atoms with Gasteiger partial charge < -0.3 is 10.4 Å². The Bertz CT molecular complexity index is 139. The maximum absolute atomic E-state index is 9.72. The van der Waals surface area contributed by atoms with E-state index in [1.54, 1.807) is 0 Å². The number of β-amino-alcohol motifs (C(OH)–C–C–N with tert-alkyl or cyclic N) is 1. The first-order chi connectivity index (χ1) is 4.16. The number of halogens is 1. The summed E-state index contributed by atoms with van der Waals surface area (Å²) in [6, 6.07) is 0. The predicted molar refractivity (Wildman–Crippen MR) is 42.4 cm³/mol. The molecule has 2 aliphatic rings. The Morgan fingerprint density at radius 3 is 2.10 bits per heavy atom. The molecule has 0 bridgehead atoms. The zero-order valence-corrected chi connectivity index (χ0v) is 7.00. The average molecular weight is 164 g/mol. The van der Waals surface area contributed by atoms with Gasteiger partial charge >= 0.3 is 0 Å². The number of hydrogen-bond donors (Lipinski definition) is 2. The highest BCUT2D eigenvalue weighted by Gasteiger charge is 2.58. The summed E-state index contributed by atoms with van der Waals surface area (Å²) < 4.78 is 0. The third-order valence-electron chi connectivity index (χ3n) is 2.93. The van der Waals surface area contributed by atoms with Gasteiger partial charge in [0.15, 0.2) is 0 Å². The molecule has 0 aromatic heterocycles. The molecule has 1 saturated carbocycles. The molecule has 1 spiro atoms. The summed E-state index contributed by atoms with van der Waals surface area (Å²) in [6.07, 6.45) is 2.43. The first kappa shape index (κ1) is 8.31. The van der Waals surface area contributed by atoms with Crippen molar-refractivity contribution in [3.05, 3.63) is 0 Å². The summed E-state index contributed by atoms with van der Waals surface area (Å²) in [6.45, 7) is 3.76. The molecule has 2 fully saturated rings. The molecule has 1 saturated heterocycles. The van der Waals surface area contributed by atoms with Gasteiger partial charge in [0.05, 0.1) is 5.60 Å². The Hall–Kier alpha value is 0.210. The van der Waals surface area contributed by atoms with Gasteiger partial charge in [0.25, 0.3) is 0 Å². The second-order valence-corrected chi connectivity index (χ2v) is 3.66. The largest absolute Gasteiger partial charge is 0.388 e. The van der Waals surface area contributed by atoms with Crippen LogP contribution in [0.5, 0.6) is 0 Å². The van der Waals surface area contributed by atoms with Crippen LogP contribution in [0.4, 0.5) is 0 Å². The van der Waals surface area contributed by atoms with E-state index in [0.29, 0.717) is 0 Å². The molecule has 3 heteroatoms. The van der Waals surface area contributed by atoms with Crippen molar-refractivity contribution < 1.29 is 5.11 Å². The van der Waals surface area contributed by atoms with Crippen molar-refractivity contribution >= 4 is 12.4 Å². The molecule has 0 radical (unpaired) electrons. The Kier molecular flexibility index (Phi) is 1.74. The molecule has 1 unspecified atom stereocenters. The molecular formula is C7H14ClNO. The van der Waals surface area contributed by atoms with Crippen LogP contribution in [0.3, 0.4) is 0 Å². The van der Waals surface area contributed by atoms with E-state index in [9.17, 15) is 5.11 Å². The Morgan fingerprint density at radius 1 is 1.30 bits per heavy atom. The fraction of sp³-hybridized carbons (Fsp3) is 1.00. The molecule has 10 heavy (non-hydrogen) atoms. The van der Waals surface area contributed by atoms with E-state index in [1.165, 1.54) is 12.8 Å². The Morgan fingerprint density at radius 2 is 1.90 bits per heavy atom. The number of hydrogen-bond acceptors (Lipinski definition) is 2. The van der Waals surface area contributed by atoms with Crippen molar-refractivity contribution in [2.45, 2.75) is 25.4 Å². The van der Waals surface area contributed by atoms with Gasteiger partial charge in [0.2, 0.25) is 0 Å². The molecule has 0 aromatic rings. The van der Waals surface area contributed by atoms with Crippen LogP contribution in [-0.2, 0) is 0 Å². The van der Waals surface area contributed by atoms with Crippen LogP contribution in [-0.4, -0.2) is 23.8 Å². The molecule has 2 rings (SSSR count). The van der Waals surface area contributed by atoms with Gasteiger partial charge in [0, 0.05) is 18.5 Å². The van der Waals surface area contributed by atoms with Crippen LogP contribution in [0, 0.1) is 5.41 Å².